The molecule has 4 heteroatoms. The van der Waals surface area contributed by atoms with Gasteiger partial charge in [0.1, 0.15) is 11.9 Å². The number of benzene rings is 1. The van der Waals surface area contributed by atoms with E-state index in [1.54, 1.807) is 12.1 Å². The lowest BCUT2D eigenvalue weighted by Crippen LogP contribution is -2.15. The highest BCUT2D eigenvalue weighted by Gasteiger charge is 2.17. The van der Waals surface area contributed by atoms with Crippen molar-refractivity contribution in [3.63, 3.8) is 0 Å². The minimum Gasteiger partial charge on any atom is -0.488 e. The minimum atomic E-state index is 0.149. The molecule has 14 heavy (non-hydrogen) atoms. The Morgan fingerprint density at radius 2 is 2.36 bits per heavy atom. The summed E-state index contributed by atoms with van der Waals surface area (Å²) in [4.78, 5) is 0. The van der Waals surface area contributed by atoms with E-state index in [0.29, 0.717) is 17.3 Å². The minimum absolute atomic E-state index is 0.149. The van der Waals surface area contributed by atoms with Crippen molar-refractivity contribution < 1.29 is 9.47 Å². The van der Waals surface area contributed by atoms with Crippen LogP contribution in [0.1, 0.15) is 6.42 Å². The molecule has 1 aliphatic heterocycles. The topological polar surface area (TPSA) is 44.5 Å². The Kier molecular flexibility index (Phi) is 2.79. The van der Waals surface area contributed by atoms with Gasteiger partial charge in [-0.05, 0) is 12.1 Å². The Labute approximate surface area is 87.8 Å². The van der Waals surface area contributed by atoms with Crippen LogP contribution in [0.15, 0.2) is 18.2 Å². The van der Waals surface area contributed by atoms with E-state index < -0.39 is 0 Å². The number of hydrogen-bond donors (Lipinski definition) is 1. The van der Waals surface area contributed by atoms with Crippen molar-refractivity contribution in [1.82, 2.24) is 0 Å². The molecule has 0 radical (unpaired) electrons. The van der Waals surface area contributed by atoms with Gasteiger partial charge in [0.25, 0.3) is 0 Å². The van der Waals surface area contributed by atoms with Crippen LogP contribution in [-0.4, -0.2) is 19.3 Å². The quantitative estimate of drug-likeness (QED) is 0.766. The number of rotatable bonds is 2. The lowest BCUT2D eigenvalue weighted by atomic mass is 10.3. The molecule has 2 N–H and O–H groups in total. The normalized spacial score (nSPS) is 21.1. The average Bonchev–Trinajstić information content (AvgIpc) is 2.64. The largest absolute Gasteiger partial charge is 0.488 e. The second-order valence-electron chi connectivity index (χ2n) is 3.29. The van der Waals surface area contributed by atoms with Gasteiger partial charge in [0, 0.05) is 12.5 Å². The molecule has 1 aliphatic rings. The number of hydrogen-bond acceptors (Lipinski definition) is 3. The summed E-state index contributed by atoms with van der Waals surface area (Å²) in [6.45, 7) is 1.43. The number of ether oxygens (including phenoxy) is 2. The van der Waals surface area contributed by atoms with Gasteiger partial charge in [0.2, 0.25) is 0 Å². The summed E-state index contributed by atoms with van der Waals surface area (Å²) in [5.74, 6) is 0.752. The van der Waals surface area contributed by atoms with E-state index in [2.05, 4.69) is 0 Å². The molecule has 1 fully saturated rings. The molecule has 0 spiro atoms. The molecular formula is C10H12ClNO2. The van der Waals surface area contributed by atoms with Crippen molar-refractivity contribution in [2.24, 2.45) is 0 Å². The van der Waals surface area contributed by atoms with E-state index in [1.807, 2.05) is 6.07 Å². The predicted octanol–water partition coefficient (Wildman–Crippen LogP) is 2.09. The average molecular weight is 214 g/mol. The van der Waals surface area contributed by atoms with Gasteiger partial charge in [0.15, 0.2) is 0 Å². The first-order valence-electron chi connectivity index (χ1n) is 4.55. The molecule has 76 valence electrons. The molecule has 1 aromatic carbocycles. The maximum atomic E-state index is 5.79. The summed E-state index contributed by atoms with van der Waals surface area (Å²) < 4.78 is 10.8. The van der Waals surface area contributed by atoms with E-state index in [0.717, 1.165) is 18.8 Å². The number of halogens is 1. The van der Waals surface area contributed by atoms with Crippen LogP contribution in [-0.2, 0) is 4.74 Å². The standard InChI is InChI=1S/C10H12ClNO2/c11-9-2-1-7(5-10(9)12)14-8-3-4-13-6-8/h1-2,5,8H,3-4,6,12H2. The Hall–Kier alpha value is -0.930. The molecule has 2 rings (SSSR count). The van der Waals surface area contributed by atoms with Crippen LogP contribution >= 0.6 is 11.6 Å². The van der Waals surface area contributed by atoms with Gasteiger partial charge in [-0.25, -0.2) is 0 Å². The van der Waals surface area contributed by atoms with Crippen molar-refractivity contribution >= 4 is 17.3 Å². The third kappa shape index (κ3) is 2.11. The molecule has 1 saturated heterocycles. The fraction of sp³-hybridized carbons (Fsp3) is 0.400. The Balaban J connectivity index is 2.05. The lowest BCUT2D eigenvalue weighted by Gasteiger charge is -2.12. The lowest BCUT2D eigenvalue weighted by molar-refractivity contribution is 0.141. The summed E-state index contributed by atoms with van der Waals surface area (Å²) >= 11 is 5.79. The summed E-state index contributed by atoms with van der Waals surface area (Å²) in [5.41, 5.74) is 6.20. The molecule has 0 aliphatic carbocycles. The van der Waals surface area contributed by atoms with Gasteiger partial charge < -0.3 is 15.2 Å². The first kappa shape index (κ1) is 9.62. The fourth-order valence-electron chi connectivity index (χ4n) is 1.39. The summed E-state index contributed by atoms with van der Waals surface area (Å²) in [6, 6.07) is 5.29. The Morgan fingerprint density at radius 1 is 1.50 bits per heavy atom. The zero-order valence-corrected chi connectivity index (χ0v) is 8.46. The van der Waals surface area contributed by atoms with Crippen molar-refractivity contribution in [3.05, 3.63) is 23.2 Å². The molecule has 1 heterocycles. The van der Waals surface area contributed by atoms with Crippen molar-refractivity contribution in [2.75, 3.05) is 18.9 Å². The molecule has 0 aromatic heterocycles. The maximum Gasteiger partial charge on any atom is 0.124 e. The number of anilines is 1. The van der Waals surface area contributed by atoms with Crippen molar-refractivity contribution in [1.29, 1.82) is 0 Å². The van der Waals surface area contributed by atoms with Gasteiger partial charge >= 0.3 is 0 Å². The van der Waals surface area contributed by atoms with E-state index >= 15 is 0 Å². The van der Waals surface area contributed by atoms with E-state index in [-0.39, 0.29) is 6.10 Å². The van der Waals surface area contributed by atoms with E-state index in [9.17, 15) is 0 Å². The molecule has 1 atom stereocenters. The van der Waals surface area contributed by atoms with Crippen LogP contribution in [0.5, 0.6) is 5.75 Å². The SMILES string of the molecule is Nc1cc(OC2CCOC2)ccc1Cl. The third-order valence-corrected chi connectivity index (χ3v) is 2.50. The van der Waals surface area contributed by atoms with Crippen LogP contribution in [0, 0.1) is 0 Å². The molecular weight excluding hydrogens is 202 g/mol. The summed E-state index contributed by atoms with van der Waals surface area (Å²) in [7, 11) is 0. The molecule has 0 saturated carbocycles. The van der Waals surface area contributed by atoms with E-state index in [1.165, 1.54) is 0 Å². The van der Waals surface area contributed by atoms with E-state index in [4.69, 9.17) is 26.8 Å². The third-order valence-electron chi connectivity index (χ3n) is 2.16. The van der Waals surface area contributed by atoms with Crippen LogP contribution in [0.4, 0.5) is 5.69 Å². The highest BCUT2D eigenvalue weighted by Crippen LogP contribution is 2.25. The molecule has 1 aromatic rings. The van der Waals surface area contributed by atoms with Crippen LogP contribution < -0.4 is 10.5 Å². The van der Waals surface area contributed by atoms with Crippen LogP contribution in [0.3, 0.4) is 0 Å². The Bertz CT molecular complexity index is 324. The first-order chi connectivity index (χ1) is 6.75. The van der Waals surface area contributed by atoms with Crippen molar-refractivity contribution in [2.45, 2.75) is 12.5 Å². The fourth-order valence-corrected chi connectivity index (χ4v) is 1.51. The van der Waals surface area contributed by atoms with Gasteiger partial charge in [0.05, 0.1) is 23.9 Å². The molecule has 1 unspecified atom stereocenters. The zero-order valence-electron chi connectivity index (χ0n) is 7.70. The van der Waals surface area contributed by atoms with Crippen LogP contribution in [0.25, 0.3) is 0 Å². The second-order valence-corrected chi connectivity index (χ2v) is 3.69. The van der Waals surface area contributed by atoms with Crippen LogP contribution in [0.2, 0.25) is 5.02 Å². The maximum absolute atomic E-state index is 5.79. The number of nitrogen functional groups attached to an aromatic ring is 1. The van der Waals surface area contributed by atoms with Gasteiger partial charge in [-0.3, -0.25) is 0 Å². The number of nitrogens with two attached hydrogens (primary N) is 1. The predicted molar refractivity (Wildman–Crippen MR) is 55.7 cm³/mol. The second kappa shape index (κ2) is 4.07. The Morgan fingerprint density at radius 3 is 3.00 bits per heavy atom. The molecule has 3 nitrogen and oxygen atoms in total. The summed E-state index contributed by atoms with van der Waals surface area (Å²) in [5, 5.41) is 0.556. The monoisotopic (exact) mass is 213 g/mol. The highest BCUT2D eigenvalue weighted by molar-refractivity contribution is 6.33. The van der Waals surface area contributed by atoms with Gasteiger partial charge in [-0.2, -0.15) is 0 Å². The molecule has 0 amide bonds. The smallest absolute Gasteiger partial charge is 0.124 e. The highest BCUT2D eigenvalue weighted by atomic mass is 35.5. The zero-order chi connectivity index (χ0) is 9.97. The summed E-state index contributed by atoms with van der Waals surface area (Å²) in [6.07, 6.45) is 1.08. The first-order valence-corrected chi connectivity index (χ1v) is 4.93. The van der Waals surface area contributed by atoms with Gasteiger partial charge in [-0.15, -0.1) is 0 Å². The van der Waals surface area contributed by atoms with Crippen molar-refractivity contribution in [3.8, 4) is 5.75 Å². The van der Waals surface area contributed by atoms with Gasteiger partial charge in [-0.1, -0.05) is 11.6 Å². The molecule has 0 bridgehead atoms.